The quantitative estimate of drug-likeness (QED) is 0.349. The zero-order chi connectivity index (χ0) is 23.8. The first kappa shape index (κ1) is 22.3. The van der Waals surface area contributed by atoms with E-state index >= 15 is 0 Å². The molecule has 2 heterocycles. The fourth-order valence-electron chi connectivity index (χ4n) is 3.96. The average Bonchev–Trinajstić information content (AvgIpc) is 3.09. The zero-order valence-corrected chi connectivity index (χ0v) is 19.1. The number of aliphatic hydroxyl groups excluding tert-OH is 1. The molecule has 0 saturated carbocycles. The van der Waals surface area contributed by atoms with Crippen LogP contribution in [0.4, 0.5) is 5.69 Å². The summed E-state index contributed by atoms with van der Waals surface area (Å²) in [7, 11) is 1.52. The maximum absolute atomic E-state index is 13.2. The summed E-state index contributed by atoms with van der Waals surface area (Å²) in [5.74, 6) is -1.21. The number of carbonyl (C=O) groups excluding carboxylic acids is 2. The number of methoxy groups -OCH3 is 1. The molecule has 1 fully saturated rings. The third-order valence-electron chi connectivity index (χ3n) is 5.77. The molecule has 6 nitrogen and oxygen atoms in total. The SMILES string of the molecule is COc1cccc(/C(O)=C2\C(=O)C(=O)N(c3ccc(C(C)(C)C)cc3)C2c2ccccn2)c1. The molecule has 4 rings (SSSR count). The fraction of sp³-hybridized carbons (Fsp3) is 0.222. The van der Waals surface area contributed by atoms with Gasteiger partial charge in [0.15, 0.2) is 0 Å². The van der Waals surface area contributed by atoms with Gasteiger partial charge >= 0.3 is 0 Å². The largest absolute Gasteiger partial charge is 0.507 e. The van der Waals surface area contributed by atoms with E-state index in [1.165, 1.54) is 12.0 Å². The number of anilines is 1. The van der Waals surface area contributed by atoms with Crippen LogP contribution >= 0.6 is 0 Å². The first-order valence-electron chi connectivity index (χ1n) is 10.7. The van der Waals surface area contributed by atoms with Gasteiger partial charge in [0.2, 0.25) is 0 Å². The second kappa shape index (κ2) is 8.54. The van der Waals surface area contributed by atoms with Crippen LogP contribution in [0.2, 0.25) is 0 Å². The van der Waals surface area contributed by atoms with Crippen molar-refractivity contribution in [1.29, 1.82) is 0 Å². The second-order valence-corrected chi connectivity index (χ2v) is 8.95. The lowest BCUT2D eigenvalue weighted by Gasteiger charge is -2.26. The fourth-order valence-corrected chi connectivity index (χ4v) is 3.96. The minimum atomic E-state index is -0.863. The third kappa shape index (κ3) is 4.12. The van der Waals surface area contributed by atoms with E-state index in [0.717, 1.165) is 5.56 Å². The van der Waals surface area contributed by atoms with Gasteiger partial charge in [-0.1, -0.05) is 51.1 Å². The topological polar surface area (TPSA) is 79.7 Å². The lowest BCUT2D eigenvalue weighted by Crippen LogP contribution is -2.30. The van der Waals surface area contributed by atoms with E-state index in [0.29, 0.717) is 22.7 Å². The summed E-state index contributed by atoms with van der Waals surface area (Å²) in [5.41, 5.74) is 2.47. The summed E-state index contributed by atoms with van der Waals surface area (Å²) in [6.45, 7) is 6.32. The molecule has 1 saturated heterocycles. The van der Waals surface area contributed by atoms with Crippen LogP contribution in [0.25, 0.3) is 5.76 Å². The Balaban J connectivity index is 1.89. The van der Waals surface area contributed by atoms with Crippen molar-refractivity contribution in [1.82, 2.24) is 4.98 Å². The molecule has 1 atom stereocenters. The van der Waals surface area contributed by atoms with Crippen molar-refractivity contribution in [3.63, 3.8) is 0 Å². The molecule has 0 aliphatic carbocycles. The monoisotopic (exact) mass is 442 g/mol. The average molecular weight is 443 g/mol. The van der Waals surface area contributed by atoms with E-state index in [2.05, 4.69) is 25.8 Å². The highest BCUT2D eigenvalue weighted by atomic mass is 16.5. The maximum atomic E-state index is 13.2. The molecule has 3 aromatic rings. The van der Waals surface area contributed by atoms with Crippen molar-refractivity contribution in [2.45, 2.75) is 32.2 Å². The molecule has 1 amide bonds. The summed E-state index contributed by atoms with van der Waals surface area (Å²) in [5, 5.41) is 11.2. The van der Waals surface area contributed by atoms with Crippen molar-refractivity contribution in [2.75, 3.05) is 12.0 Å². The molecule has 2 aromatic carbocycles. The van der Waals surface area contributed by atoms with E-state index in [1.807, 2.05) is 24.3 Å². The number of Topliss-reactive ketones (excluding diaryl/α,β-unsaturated/α-hetero) is 1. The number of nitrogens with zero attached hydrogens (tertiary/aromatic N) is 2. The van der Waals surface area contributed by atoms with Gasteiger partial charge in [0.25, 0.3) is 11.7 Å². The van der Waals surface area contributed by atoms with E-state index in [9.17, 15) is 14.7 Å². The van der Waals surface area contributed by atoms with Gasteiger partial charge in [0.05, 0.1) is 18.4 Å². The molecule has 0 radical (unpaired) electrons. The number of amides is 1. The molecule has 1 N–H and O–H groups in total. The molecule has 1 unspecified atom stereocenters. The number of aromatic nitrogens is 1. The summed E-state index contributed by atoms with van der Waals surface area (Å²) < 4.78 is 5.25. The highest BCUT2D eigenvalue weighted by molar-refractivity contribution is 6.51. The van der Waals surface area contributed by atoms with Gasteiger partial charge in [-0.05, 0) is 47.4 Å². The van der Waals surface area contributed by atoms with Crippen molar-refractivity contribution in [2.24, 2.45) is 0 Å². The maximum Gasteiger partial charge on any atom is 0.300 e. The highest BCUT2D eigenvalue weighted by Crippen LogP contribution is 2.42. The Morgan fingerprint density at radius 2 is 1.73 bits per heavy atom. The van der Waals surface area contributed by atoms with Gasteiger partial charge in [0, 0.05) is 17.4 Å². The van der Waals surface area contributed by atoms with Crippen molar-refractivity contribution >= 4 is 23.1 Å². The highest BCUT2D eigenvalue weighted by Gasteiger charge is 2.47. The summed E-state index contributed by atoms with van der Waals surface area (Å²) >= 11 is 0. The number of benzene rings is 2. The number of aliphatic hydroxyl groups is 1. The molecule has 1 aromatic heterocycles. The van der Waals surface area contributed by atoms with Crippen molar-refractivity contribution in [3.05, 3.63) is 95.3 Å². The Bertz CT molecular complexity index is 1220. The molecule has 1 aliphatic rings. The number of rotatable bonds is 4. The summed E-state index contributed by atoms with van der Waals surface area (Å²) in [6, 6.07) is 18.7. The van der Waals surface area contributed by atoms with Gasteiger partial charge in [-0.25, -0.2) is 0 Å². The van der Waals surface area contributed by atoms with E-state index in [1.54, 1.807) is 48.7 Å². The third-order valence-corrected chi connectivity index (χ3v) is 5.77. The molecule has 6 heteroatoms. The number of ether oxygens (including phenoxy) is 1. The van der Waals surface area contributed by atoms with Gasteiger partial charge < -0.3 is 9.84 Å². The van der Waals surface area contributed by atoms with E-state index in [4.69, 9.17) is 4.74 Å². The lowest BCUT2D eigenvalue weighted by atomic mass is 9.87. The summed E-state index contributed by atoms with van der Waals surface area (Å²) in [6.07, 6.45) is 1.60. The lowest BCUT2D eigenvalue weighted by molar-refractivity contribution is -0.132. The molecule has 168 valence electrons. The van der Waals surface area contributed by atoms with Crippen LogP contribution in [0.5, 0.6) is 5.75 Å². The van der Waals surface area contributed by atoms with Crippen LogP contribution in [0.1, 0.15) is 43.6 Å². The van der Waals surface area contributed by atoms with Crippen LogP contribution in [-0.2, 0) is 15.0 Å². The van der Waals surface area contributed by atoms with Gasteiger partial charge in [0.1, 0.15) is 17.6 Å². The van der Waals surface area contributed by atoms with Crippen molar-refractivity contribution < 1.29 is 19.4 Å². The van der Waals surface area contributed by atoms with Crippen LogP contribution < -0.4 is 9.64 Å². The van der Waals surface area contributed by atoms with Crippen LogP contribution in [0.3, 0.4) is 0 Å². The second-order valence-electron chi connectivity index (χ2n) is 8.95. The minimum absolute atomic E-state index is 0.00755. The number of hydrogen-bond acceptors (Lipinski definition) is 5. The zero-order valence-electron chi connectivity index (χ0n) is 19.1. The van der Waals surface area contributed by atoms with E-state index in [-0.39, 0.29) is 16.7 Å². The number of carbonyl (C=O) groups is 2. The van der Waals surface area contributed by atoms with Crippen LogP contribution in [0.15, 0.2) is 78.5 Å². The normalized spacial score (nSPS) is 17.9. The molecular formula is C27H26N2O4. The molecule has 33 heavy (non-hydrogen) atoms. The van der Waals surface area contributed by atoms with Gasteiger partial charge in [-0.3, -0.25) is 19.5 Å². The predicted molar refractivity (Wildman–Crippen MR) is 127 cm³/mol. The first-order valence-corrected chi connectivity index (χ1v) is 10.7. The molecular weight excluding hydrogens is 416 g/mol. The number of hydrogen-bond donors (Lipinski definition) is 1. The molecule has 0 spiro atoms. The van der Waals surface area contributed by atoms with E-state index < -0.39 is 17.7 Å². The first-order chi connectivity index (χ1) is 15.7. The Morgan fingerprint density at radius 3 is 2.33 bits per heavy atom. The number of pyridine rings is 1. The summed E-state index contributed by atoms with van der Waals surface area (Å²) in [4.78, 5) is 32.2. The minimum Gasteiger partial charge on any atom is -0.507 e. The Labute approximate surface area is 193 Å². The van der Waals surface area contributed by atoms with Gasteiger partial charge in [-0.15, -0.1) is 0 Å². The van der Waals surface area contributed by atoms with Gasteiger partial charge in [-0.2, -0.15) is 0 Å². The van der Waals surface area contributed by atoms with Crippen molar-refractivity contribution in [3.8, 4) is 5.75 Å². The Morgan fingerprint density at radius 1 is 1.00 bits per heavy atom. The Hall–Kier alpha value is -3.93. The number of ketones is 1. The molecule has 0 bridgehead atoms. The standard InChI is InChI=1S/C27H26N2O4/c1-27(2,3)18-11-13-19(14-12-18)29-23(21-10-5-6-15-28-21)22(25(31)26(29)32)24(30)17-8-7-9-20(16-17)33-4/h5-16,23,30H,1-4H3/b24-22+. The molecule has 1 aliphatic heterocycles. The smallest absolute Gasteiger partial charge is 0.300 e. The van der Waals surface area contributed by atoms with Crippen LogP contribution in [-0.4, -0.2) is 28.9 Å². The van der Waals surface area contributed by atoms with Crippen LogP contribution in [0, 0.1) is 0 Å². The predicted octanol–water partition coefficient (Wildman–Crippen LogP) is 5.01. The Kier molecular flexibility index (Phi) is 5.77.